The average molecular weight is 288 g/mol. The van der Waals surface area contributed by atoms with Crippen molar-refractivity contribution in [3.8, 4) is 0 Å². The summed E-state index contributed by atoms with van der Waals surface area (Å²) in [7, 11) is -3.42. The molecule has 6 heteroatoms. The van der Waals surface area contributed by atoms with E-state index in [1.807, 2.05) is 19.9 Å². The van der Waals surface area contributed by atoms with E-state index >= 15 is 0 Å². The zero-order valence-corrected chi connectivity index (χ0v) is 12.4. The van der Waals surface area contributed by atoms with Gasteiger partial charge in [-0.2, -0.15) is 4.31 Å². The number of hydrogen-bond donors (Lipinski definition) is 1. The highest BCUT2D eigenvalue weighted by atomic mass is 32.2. The first-order valence-electron chi connectivity index (χ1n) is 5.85. The molecule has 1 heterocycles. The van der Waals surface area contributed by atoms with Crippen LogP contribution in [0.2, 0.25) is 0 Å². The van der Waals surface area contributed by atoms with Crippen molar-refractivity contribution in [3.63, 3.8) is 0 Å². The molecular formula is C12H20N2O2S2. The van der Waals surface area contributed by atoms with E-state index in [1.54, 1.807) is 12.1 Å². The maximum Gasteiger partial charge on any atom is 0.253 e. The van der Waals surface area contributed by atoms with E-state index < -0.39 is 10.0 Å². The van der Waals surface area contributed by atoms with E-state index in [0.717, 1.165) is 4.88 Å². The van der Waals surface area contributed by atoms with E-state index in [9.17, 15) is 8.42 Å². The topological polar surface area (TPSA) is 63.4 Å². The first-order chi connectivity index (χ1) is 8.43. The summed E-state index contributed by atoms with van der Waals surface area (Å²) in [5, 5.41) is 0. The molecule has 0 unspecified atom stereocenters. The summed E-state index contributed by atoms with van der Waals surface area (Å²) in [6.07, 6.45) is 2.31. The van der Waals surface area contributed by atoms with Gasteiger partial charge in [0.25, 0.3) is 10.0 Å². The summed E-state index contributed by atoms with van der Waals surface area (Å²) in [6, 6.07) is 3.40. The lowest BCUT2D eigenvalue weighted by Crippen LogP contribution is -2.36. The van der Waals surface area contributed by atoms with Crippen LogP contribution in [0.5, 0.6) is 0 Å². The summed E-state index contributed by atoms with van der Waals surface area (Å²) in [5.74, 6) is 0. The van der Waals surface area contributed by atoms with Crippen LogP contribution in [0.4, 0.5) is 0 Å². The van der Waals surface area contributed by atoms with Crippen LogP contribution < -0.4 is 5.73 Å². The minimum atomic E-state index is -3.42. The standard InChI is InChI=1S/C12H20N2O2S2/c1-4-9-14(10(2)3)18(15,16)12-6-5-11(17-12)7-8-13/h4-6,10H,1,7-9,13H2,2-3H3. The molecule has 4 nitrogen and oxygen atoms in total. The van der Waals surface area contributed by atoms with Crippen molar-refractivity contribution in [1.29, 1.82) is 0 Å². The zero-order valence-electron chi connectivity index (χ0n) is 10.8. The number of sulfonamides is 1. The Morgan fingerprint density at radius 2 is 2.17 bits per heavy atom. The Morgan fingerprint density at radius 3 is 2.67 bits per heavy atom. The van der Waals surface area contributed by atoms with E-state index in [1.165, 1.54) is 15.6 Å². The molecule has 0 amide bonds. The lowest BCUT2D eigenvalue weighted by Gasteiger charge is -2.23. The molecule has 18 heavy (non-hydrogen) atoms. The van der Waals surface area contributed by atoms with Gasteiger partial charge in [-0.3, -0.25) is 0 Å². The first kappa shape index (κ1) is 15.4. The van der Waals surface area contributed by atoms with Gasteiger partial charge in [-0.1, -0.05) is 6.08 Å². The van der Waals surface area contributed by atoms with Crippen LogP contribution in [-0.4, -0.2) is 31.9 Å². The number of nitrogens with zero attached hydrogens (tertiary/aromatic N) is 1. The summed E-state index contributed by atoms with van der Waals surface area (Å²) < 4.78 is 26.7. The second-order valence-corrected chi connectivity index (χ2v) is 7.50. The molecule has 1 aromatic rings. The van der Waals surface area contributed by atoms with Crippen LogP contribution in [0.3, 0.4) is 0 Å². The monoisotopic (exact) mass is 288 g/mol. The Morgan fingerprint density at radius 1 is 1.50 bits per heavy atom. The predicted molar refractivity (Wildman–Crippen MR) is 76.3 cm³/mol. The number of nitrogens with two attached hydrogens (primary N) is 1. The molecule has 0 fully saturated rings. The second-order valence-electron chi connectivity index (χ2n) is 4.22. The molecule has 0 aliphatic heterocycles. The molecule has 0 saturated heterocycles. The fourth-order valence-electron chi connectivity index (χ4n) is 1.60. The summed E-state index contributed by atoms with van der Waals surface area (Å²) in [6.45, 7) is 8.17. The first-order valence-corrected chi connectivity index (χ1v) is 8.10. The molecule has 0 spiro atoms. The summed E-state index contributed by atoms with van der Waals surface area (Å²) in [4.78, 5) is 0.999. The molecule has 0 aliphatic carbocycles. The van der Waals surface area contributed by atoms with E-state index in [4.69, 9.17) is 5.73 Å². The quantitative estimate of drug-likeness (QED) is 0.779. The Hall–Kier alpha value is -0.690. The lowest BCUT2D eigenvalue weighted by atomic mass is 10.3. The van der Waals surface area contributed by atoms with Gasteiger partial charge in [-0.05, 0) is 38.9 Å². The van der Waals surface area contributed by atoms with E-state index in [0.29, 0.717) is 23.7 Å². The van der Waals surface area contributed by atoms with Gasteiger partial charge in [-0.25, -0.2) is 8.42 Å². The molecule has 1 rings (SSSR count). The van der Waals surface area contributed by atoms with Gasteiger partial charge in [0.1, 0.15) is 4.21 Å². The maximum atomic E-state index is 12.4. The molecule has 0 aromatic carbocycles. The molecule has 102 valence electrons. The smallest absolute Gasteiger partial charge is 0.253 e. The van der Waals surface area contributed by atoms with Crippen LogP contribution in [0.1, 0.15) is 18.7 Å². The third-order valence-corrected chi connectivity index (χ3v) is 6.13. The molecule has 0 saturated carbocycles. The van der Waals surface area contributed by atoms with E-state index in [-0.39, 0.29) is 6.04 Å². The molecule has 1 aromatic heterocycles. The molecule has 0 bridgehead atoms. The molecule has 0 atom stereocenters. The number of rotatable bonds is 7. The van der Waals surface area contributed by atoms with Gasteiger partial charge in [0.2, 0.25) is 0 Å². The largest absolute Gasteiger partial charge is 0.330 e. The fraction of sp³-hybridized carbons (Fsp3) is 0.500. The minimum absolute atomic E-state index is 0.0898. The molecule has 0 radical (unpaired) electrons. The second kappa shape index (κ2) is 6.47. The Labute approximate surface area is 113 Å². The molecule has 0 aliphatic rings. The average Bonchev–Trinajstić information content (AvgIpc) is 2.75. The highest BCUT2D eigenvalue weighted by Gasteiger charge is 2.27. The van der Waals surface area contributed by atoms with Crippen molar-refractivity contribution >= 4 is 21.4 Å². The number of thiophene rings is 1. The van der Waals surface area contributed by atoms with Crippen molar-refractivity contribution in [2.45, 2.75) is 30.5 Å². The molecule has 2 N–H and O–H groups in total. The Kier molecular flexibility index (Phi) is 5.52. The van der Waals surface area contributed by atoms with Crippen LogP contribution in [0.25, 0.3) is 0 Å². The van der Waals surface area contributed by atoms with Gasteiger partial charge in [0, 0.05) is 17.5 Å². The van der Waals surface area contributed by atoms with Crippen LogP contribution in [0, 0.1) is 0 Å². The third-order valence-electron chi connectivity index (χ3n) is 2.48. The fourth-order valence-corrected chi connectivity index (χ4v) is 4.71. The zero-order chi connectivity index (χ0) is 13.8. The van der Waals surface area contributed by atoms with E-state index in [2.05, 4.69) is 6.58 Å². The van der Waals surface area contributed by atoms with Gasteiger partial charge in [0.15, 0.2) is 0 Å². The van der Waals surface area contributed by atoms with Crippen molar-refractivity contribution in [3.05, 3.63) is 29.7 Å². The predicted octanol–water partition coefficient (Wildman–Crippen LogP) is 1.83. The van der Waals surface area contributed by atoms with Crippen molar-refractivity contribution < 1.29 is 8.42 Å². The SMILES string of the molecule is C=CCN(C(C)C)S(=O)(=O)c1ccc(CCN)s1. The highest BCUT2D eigenvalue weighted by Crippen LogP contribution is 2.26. The van der Waals surface area contributed by atoms with Crippen molar-refractivity contribution in [2.75, 3.05) is 13.1 Å². The van der Waals surface area contributed by atoms with Crippen LogP contribution >= 0.6 is 11.3 Å². The van der Waals surface area contributed by atoms with Crippen molar-refractivity contribution in [1.82, 2.24) is 4.31 Å². The lowest BCUT2D eigenvalue weighted by molar-refractivity contribution is 0.384. The van der Waals surface area contributed by atoms with Gasteiger partial charge in [-0.15, -0.1) is 17.9 Å². The van der Waals surface area contributed by atoms with Crippen LogP contribution in [0.15, 0.2) is 29.0 Å². The maximum absolute atomic E-state index is 12.4. The van der Waals surface area contributed by atoms with Gasteiger partial charge < -0.3 is 5.73 Å². The highest BCUT2D eigenvalue weighted by molar-refractivity contribution is 7.91. The minimum Gasteiger partial charge on any atom is -0.330 e. The van der Waals surface area contributed by atoms with Gasteiger partial charge in [0.05, 0.1) is 0 Å². The Balaban J connectivity index is 3.05. The normalized spacial score (nSPS) is 12.3. The van der Waals surface area contributed by atoms with Gasteiger partial charge >= 0.3 is 0 Å². The number of hydrogen-bond acceptors (Lipinski definition) is 4. The summed E-state index contributed by atoms with van der Waals surface area (Å²) in [5.41, 5.74) is 5.47. The van der Waals surface area contributed by atoms with Crippen molar-refractivity contribution in [2.24, 2.45) is 5.73 Å². The van der Waals surface area contributed by atoms with Crippen LogP contribution in [-0.2, 0) is 16.4 Å². The molecular weight excluding hydrogens is 268 g/mol. The summed E-state index contributed by atoms with van der Waals surface area (Å²) >= 11 is 1.29. The third kappa shape index (κ3) is 3.41. The Bertz CT molecular complexity index is 492.